The van der Waals surface area contributed by atoms with E-state index in [1.165, 1.54) is 18.2 Å². The molecule has 1 aliphatic carbocycles. The molecule has 15 heavy (non-hydrogen) atoms. The minimum Gasteiger partial charge on any atom is -0.211 e. The van der Waals surface area contributed by atoms with Crippen molar-refractivity contribution in [3.8, 4) is 0 Å². The van der Waals surface area contributed by atoms with E-state index in [0.717, 1.165) is 6.42 Å². The minimum absolute atomic E-state index is 0.0463. The highest BCUT2D eigenvalue weighted by Crippen LogP contribution is 2.30. The number of hydrogen-bond acceptors (Lipinski definition) is 6. The zero-order chi connectivity index (χ0) is 11.1. The molecule has 0 heterocycles. The quantitative estimate of drug-likeness (QED) is 0.485. The highest BCUT2D eigenvalue weighted by atomic mass is 16.1. The van der Waals surface area contributed by atoms with Gasteiger partial charge < -0.3 is 0 Å². The van der Waals surface area contributed by atoms with Gasteiger partial charge in [-0.2, -0.15) is 4.99 Å². The largest absolute Gasteiger partial charge is 0.235 e. The Morgan fingerprint density at radius 1 is 1.00 bits per heavy atom. The molecular weight excluding hydrogens is 198 g/mol. The van der Waals surface area contributed by atoms with Crippen molar-refractivity contribution in [2.45, 2.75) is 24.9 Å². The summed E-state index contributed by atoms with van der Waals surface area (Å²) in [6.45, 7) is 0.254. The van der Waals surface area contributed by atoms with E-state index < -0.39 is 6.04 Å². The van der Waals surface area contributed by atoms with E-state index in [1.807, 2.05) is 0 Å². The van der Waals surface area contributed by atoms with Crippen molar-refractivity contribution >= 4 is 18.2 Å². The molecule has 1 rings (SSSR count). The fourth-order valence-corrected chi connectivity index (χ4v) is 1.86. The highest BCUT2D eigenvalue weighted by molar-refractivity contribution is 5.37. The van der Waals surface area contributed by atoms with Crippen LogP contribution in [0, 0.1) is 5.92 Å². The Hall–Kier alpha value is -1.86. The molecule has 0 bridgehead atoms. The molecule has 1 aliphatic rings. The first-order chi connectivity index (χ1) is 7.33. The summed E-state index contributed by atoms with van der Waals surface area (Å²) >= 11 is 0. The smallest absolute Gasteiger partial charge is 0.211 e. The summed E-state index contributed by atoms with van der Waals surface area (Å²) in [6.07, 6.45) is 5.69. The number of nitrogens with zero attached hydrogens (tertiary/aromatic N) is 3. The number of rotatable bonds is 4. The van der Waals surface area contributed by atoms with Crippen molar-refractivity contribution in [3.63, 3.8) is 0 Å². The van der Waals surface area contributed by atoms with Crippen molar-refractivity contribution in [1.29, 1.82) is 0 Å². The van der Waals surface area contributed by atoms with E-state index in [0.29, 0.717) is 6.42 Å². The van der Waals surface area contributed by atoms with Crippen LogP contribution in [0.25, 0.3) is 0 Å². The molecule has 3 atom stereocenters. The Balaban J connectivity index is 2.77. The first kappa shape index (κ1) is 11.2. The first-order valence-electron chi connectivity index (χ1n) is 4.51. The number of hydrogen-bond donors (Lipinski definition) is 0. The van der Waals surface area contributed by atoms with E-state index in [4.69, 9.17) is 0 Å². The van der Waals surface area contributed by atoms with Crippen LogP contribution in [0.1, 0.15) is 12.8 Å². The maximum absolute atomic E-state index is 10.2. The molecule has 6 heteroatoms. The zero-order valence-electron chi connectivity index (χ0n) is 7.92. The highest BCUT2D eigenvalue weighted by Gasteiger charge is 2.36. The third-order valence-corrected chi connectivity index (χ3v) is 2.52. The van der Waals surface area contributed by atoms with Crippen molar-refractivity contribution in [1.82, 2.24) is 0 Å². The average Bonchev–Trinajstić information content (AvgIpc) is 2.60. The molecule has 0 saturated heterocycles. The predicted molar refractivity (Wildman–Crippen MR) is 49.5 cm³/mol. The monoisotopic (exact) mass is 207 g/mol. The summed E-state index contributed by atoms with van der Waals surface area (Å²) in [5.74, 6) is -0.0463. The van der Waals surface area contributed by atoms with Crippen molar-refractivity contribution in [3.05, 3.63) is 0 Å². The number of carbonyl (C=O) groups excluding carboxylic acids is 3. The molecule has 0 amide bonds. The Morgan fingerprint density at radius 2 is 1.73 bits per heavy atom. The van der Waals surface area contributed by atoms with Gasteiger partial charge >= 0.3 is 0 Å². The molecule has 0 aliphatic heterocycles. The fourth-order valence-electron chi connectivity index (χ4n) is 1.86. The third kappa shape index (κ3) is 2.79. The Morgan fingerprint density at radius 3 is 2.33 bits per heavy atom. The van der Waals surface area contributed by atoms with Gasteiger partial charge in [-0.1, -0.05) is 0 Å². The second-order valence-corrected chi connectivity index (χ2v) is 3.27. The summed E-state index contributed by atoms with van der Waals surface area (Å²) in [4.78, 5) is 40.9. The van der Waals surface area contributed by atoms with E-state index in [1.54, 1.807) is 0 Å². The van der Waals surface area contributed by atoms with E-state index in [2.05, 4.69) is 15.0 Å². The van der Waals surface area contributed by atoms with Gasteiger partial charge in [0.15, 0.2) is 0 Å². The van der Waals surface area contributed by atoms with Crippen LogP contribution < -0.4 is 0 Å². The topological polar surface area (TPSA) is 88.3 Å². The maximum Gasteiger partial charge on any atom is 0.235 e. The van der Waals surface area contributed by atoms with Crippen molar-refractivity contribution < 1.29 is 14.4 Å². The van der Waals surface area contributed by atoms with Crippen LogP contribution >= 0.6 is 0 Å². The van der Waals surface area contributed by atoms with E-state index in [9.17, 15) is 14.4 Å². The Labute approximate surface area is 85.8 Å². The molecule has 78 valence electrons. The first-order valence-corrected chi connectivity index (χ1v) is 4.51. The lowest BCUT2D eigenvalue weighted by molar-refractivity contribution is 0.462. The van der Waals surface area contributed by atoms with Crippen LogP contribution in [-0.4, -0.2) is 36.9 Å². The average molecular weight is 207 g/mol. The second kappa shape index (κ2) is 5.78. The fraction of sp³-hybridized carbons (Fsp3) is 0.667. The molecular formula is C9H9N3O3. The minimum atomic E-state index is -0.416. The normalized spacial score (nSPS) is 28.4. The van der Waals surface area contributed by atoms with Gasteiger partial charge in [0.2, 0.25) is 18.2 Å². The number of aliphatic imine (C=N–C) groups is 3. The van der Waals surface area contributed by atoms with Gasteiger partial charge in [0.1, 0.15) is 0 Å². The summed E-state index contributed by atoms with van der Waals surface area (Å²) in [6, 6.07) is -0.753. The summed E-state index contributed by atoms with van der Waals surface area (Å²) in [5, 5.41) is 0. The molecule has 0 N–H and O–H groups in total. The number of isocyanates is 3. The molecule has 1 fully saturated rings. The van der Waals surface area contributed by atoms with E-state index in [-0.39, 0.29) is 18.5 Å². The van der Waals surface area contributed by atoms with Crippen LogP contribution in [0.3, 0.4) is 0 Å². The van der Waals surface area contributed by atoms with Crippen LogP contribution in [0.15, 0.2) is 15.0 Å². The van der Waals surface area contributed by atoms with Crippen LogP contribution in [0.2, 0.25) is 0 Å². The van der Waals surface area contributed by atoms with E-state index >= 15 is 0 Å². The molecule has 1 saturated carbocycles. The van der Waals surface area contributed by atoms with Crippen LogP contribution in [0.4, 0.5) is 0 Å². The van der Waals surface area contributed by atoms with Crippen LogP contribution in [0.5, 0.6) is 0 Å². The van der Waals surface area contributed by atoms with Crippen LogP contribution in [-0.2, 0) is 14.4 Å². The molecule has 0 aromatic carbocycles. The van der Waals surface area contributed by atoms with Gasteiger partial charge in [0, 0.05) is 5.92 Å². The summed E-state index contributed by atoms with van der Waals surface area (Å²) < 4.78 is 0. The molecule has 3 unspecified atom stereocenters. The lowest BCUT2D eigenvalue weighted by atomic mass is 10.0. The molecule has 6 nitrogen and oxygen atoms in total. The zero-order valence-corrected chi connectivity index (χ0v) is 7.92. The van der Waals surface area contributed by atoms with Gasteiger partial charge in [0.05, 0.1) is 18.6 Å². The van der Waals surface area contributed by atoms with Gasteiger partial charge in [0.25, 0.3) is 0 Å². The second-order valence-electron chi connectivity index (χ2n) is 3.27. The lowest BCUT2D eigenvalue weighted by Gasteiger charge is -2.13. The van der Waals surface area contributed by atoms with Gasteiger partial charge in [-0.3, -0.25) is 0 Å². The molecule has 0 aromatic rings. The summed E-state index contributed by atoms with van der Waals surface area (Å²) in [7, 11) is 0. The van der Waals surface area contributed by atoms with Gasteiger partial charge in [-0.05, 0) is 12.8 Å². The molecule has 0 aromatic heterocycles. The lowest BCUT2D eigenvalue weighted by Crippen LogP contribution is -2.23. The SMILES string of the molecule is O=C=NCC1CCC(N=C=O)C1N=C=O. The van der Waals surface area contributed by atoms with Crippen molar-refractivity contribution in [2.24, 2.45) is 20.9 Å². The molecule has 0 radical (unpaired) electrons. The predicted octanol–water partition coefficient (Wildman–Crippen LogP) is 0.141. The Bertz CT molecular complexity index is 363. The van der Waals surface area contributed by atoms with Gasteiger partial charge in [-0.25, -0.2) is 24.4 Å². The van der Waals surface area contributed by atoms with Gasteiger partial charge in [-0.15, -0.1) is 0 Å². The standard InChI is InChI=1S/C9H9N3O3/c13-4-10-3-7-1-2-8(11-5-14)9(7)12-6-15/h7-9H,1-3H2. The summed E-state index contributed by atoms with van der Waals surface area (Å²) in [5.41, 5.74) is 0. The third-order valence-electron chi connectivity index (χ3n) is 2.52. The van der Waals surface area contributed by atoms with Crippen molar-refractivity contribution in [2.75, 3.05) is 6.54 Å². The Kier molecular flexibility index (Phi) is 4.32. The molecule has 0 spiro atoms. The maximum atomic E-state index is 10.2.